The predicted molar refractivity (Wildman–Crippen MR) is 115 cm³/mol. The number of hydrogen-bond acceptors (Lipinski definition) is 3. The van der Waals surface area contributed by atoms with Gasteiger partial charge in [-0.3, -0.25) is 0 Å². The highest BCUT2D eigenvalue weighted by Gasteiger charge is 2.20. The lowest BCUT2D eigenvalue weighted by Crippen LogP contribution is -2.45. The first-order chi connectivity index (χ1) is 13.2. The van der Waals surface area contributed by atoms with E-state index in [2.05, 4.69) is 71.6 Å². The molecule has 0 aromatic heterocycles. The Bertz CT molecular complexity index is 741. The van der Waals surface area contributed by atoms with Gasteiger partial charge in [-0.25, -0.2) is 0 Å². The Labute approximate surface area is 164 Å². The molecule has 1 aliphatic heterocycles. The van der Waals surface area contributed by atoms with Gasteiger partial charge in [-0.2, -0.15) is 0 Å². The predicted octanol–water partition coefficient (Wildman–Crippen LogP) is 4.27. The van der Waals surface area contributed by atoms with Gasteiger partial charge in [-0.05, 0) is 67.5 Å². The molecule has 2 aliphatic rings. The highest BCUT2D eigenvalue weighted by Crippen LogP contribution is 2.31. The Morgan fingerprint density at radius 2 is 1.63 bits per heavy atom. The zero-order valence-corrected chi connectivity index (χ0v) is 16.9. The minimum Gasteiger partial charge on any atom is -0.385 e. The van der Waals surface area contributed by atoms with Crippen molar-refractivity contribution in [2.75, 3.05) is 51.6 Å². The molecule has 0 radical (unpaired) electrons. The Morgan fingerprint density at radius 1 is 0.926 bits per heavy atom. The van der Waals surface area contributed by atoms with Crippen LogP contribution in [0.25, 0.3) is 11.1 Å². The molecule has 3 heteroatoms. The van der Waals surface area contributed by atoms with Crippen LogP contribution in [-0.4, -0.2) is 56.1 Å². The van der Waals surface area contributed by atoms with Crippen molar-refractivity contribution < 1.29 is 0 Å². The molecular weight excluding hydrogens is 330 g/mol. The Kier molecular flexibility index (Phi) is 5.80. The van der Waals surface area contributed by atoms with E-state index in [0.717, 1.165) is 18.9 Å². The van der Waals surface area contributed by atoms with Crippen LogP contribution >= 0.6 is 0 Å². The molecule has 4 rings (SSSR count). The molecule has 1 aliphatic carbocycles. The van der Waals surface area contributed by atoms with Crippen molar-refractivity contribution in [1.82, 2.24) is 9.80 Å². The lowest BCUT2D eigenvalue weighted by Gasteiger charge is -2.32. The van der Waals surface area contributed by atoms with Gasteiger partial charge in [0.2, 0.25) is 0 Å². The van der Waals surface area contributed by atoms with E-state index in [9.17, 15) is 0 Å². The first-order valence-corrected chi connectivity index (χ1v) is 10.5. The van der Waals surface area contributed by atoms with Crippen molar-refractivity contribution in [2.24, 2.45) is 5.92 Å². The minimum atomic E-state index is 0.896. The number of piperazine rings is 1. The number of nitrogens with one attached hydrogen (secondary N) is 1. The van der Waals surface area contributed by atoms with E-state index in [-0.39, 0.29) is 0 Å². The van der Waals surface area contributed by atoms with Crippen LogP contribution in [0.2, 0.25) is 0 Å². The first kappa shape index (κ1) is 18.5. The fourth-order valence-corrected chi connectivity index (χ4v) is 3.79. The summed E-state index contributed by atoms with van der Waals surface area (Å²) in [5.74, 6) is 0.896. The number of rotatable bonds is 7. The van der Waals surface area contributed by atoms with Crippen molar-refractivity contribution in [3.63, 3.8) is 0 Å². The fourth-order valence-electron chi connectivity index (χ4n) is 3.79. The van der Waals surface area contributed by atoms with Crippen molar-refractivity contribution in [2.45, 2.75) is 26.2 Å². The third-order valence-corrected chi connectivity index (χ3v) is 6.12. The molecular formula is C24H33N3. The molecule has 2 aromatic carbocycles. The van der Waals surface area contributed by atoms with E-state index < -0.39 is 0 Å². The normalized spacial score (nSPS) is 18.6. The van der Waals surface area contributed by atoms with Gasteiger partial charge < -0.3 is 15.1 Å². The highest BCUT2D eigenvalue weighted by atomic mass is 15.2. The monoisotopic (exact) mass is 363 g/mol. The van der Waals surface area contributed by atoms with Crippen LogP contribution in [0.4, 0.5) is 5.69 Å². The van der Waals surface area contributed by atoms with Crippen LogP contribution < -0.4 is 5.32 Å². The molecule has 27 heavy (non-hydrogen) atoms. The molecule has 0 unspecified atom stereocenters. The summed E-state index contributed by atoms with van der Waals surface area (Å²) in [6, 6.07) is 16.0. The maximum Gasteiger partial charge on any atom is 0.0376 e. The molecule has 2 fully saturated rings. The third-order valence-electron chi connectivity index (χ3n) is 6.12. The summed E-state index contributed by atoms with van der Waals surface area (Å²) in [7, 11) is 2.22. The molecule has 0 spiro atoms. The van der Waals surface area contributed by atoms with Crippen LogP contribution in [0.15, 0.2) is 42.5 Å². The van der Waals surface area contributed by atoms with E-state index in [0.29, 0.717) is 0 Å². The summed E-state index contributed by atoms with van der Waals surface area (Å²) in [4.78, 5) is 5.01. The number of anilines is 1. The van der Waals surface area contributed by atoms with Crippen molar-refractivity contribution in [3.8, 4) is 11.1 Å². The van der Waals surface area contributed by atoms with Crippen LogP contribution in [0.5, 0.6) is 0 Å². The number of hydrogen-bond donors (Lipinski definition) is 1. The van der Waals surface area contributed by atoms with Gasteiger partial charge in [0.25, 0.3) is 0 Å². The molecule has 144 valence electrons. The van der Waals surface area contributed by atoms with E-state index in [1.807, 2.05) is 0 Å². The maximum absolute atomic E-state index is 3.65. The van der Waals surface area contributed by atoms with E-state index in [1.54, 1.807) is 0 Å². The highest BCUT2D eigenvalue weighted by molar-refractivity contribution is 5.70. The van der Waals surface area contributed by atoms with Crippen LogP contribution in [0, 0.1) is 12.8 Å². The van der Waals surface area contributed by atoms with E-state index in [4.69, 9.17) is 0 Å². The number of nitrogens with zero attached hydrogens (tertiary/aromatic N) is 2. The zero-order valence-electron chi connectivity index (χ0n) is 16.9. The Hall–Kier alpha value is -1.84. The average Bonchev–Trinajstić information content (AvgIpc) is 3.52. The second-order valence-corrected chi connectivity index (χ2v) is 8.45. The quantitative estimate of drug-likeness (QED) is 0.792. The van der Waals surface area contributed by atoms with Crippen molar-refractivity contribution in [1.29, 1.82) is 0 Å². The van der Waals surface area contributed by atoms with Gasteiger partial charge in [-0.1, -0.05) is 36.4 Å². The van der Waals surface area contributed by atoms with E-state index in [1.165, 1.54) is 73.5 Å². The minimum absolute atomic E-state index is 0.896. The fraction of sp³-hybridized carbons (Fsp3) is 0.500. The van der Waals surface area contributed by atoms with Gasteiger partial charge in [0.1, 0.15) is 0 Å². The van der Waals surface area contributed by atoms with Crippen LogP contribution in [0.3, 0.4) is 0 Å². The number of aryl methyl sites for hydroxylation is 1. The molecule has 3 nitrogen and oxygen atoms in total. The SMILES string of the molecule is Cc1ccc(-c2ccc(CCN3CCN(C)CC3)cc2)cc1NCC1CC1. The summed E-state index contributed by atoms with van der Waals surface area (Å²) in [5, 5.41) is 3.65. The lowest BCUT2D eigenvalue weighted by molar-refractivity contribution is 0.155. The smallest absolute Gasteiger partial charge is 0.0376 e. The summed E-state index contributed by atoms with van der Waals surface area (Å²) >= 11 is 0. The van der Waals surface area contributed by atoms with Gasteiger partial charge in [0, 0.05) is 45.0 Å². The molecule has 1 saturated carbocycles. The third kappa shape index (κ3) is 5.12. The largest absolute Gasteiger partial charge is 0.385 e. The van der Waals surface area contributed by atoms with Crippen LogP contribution in [-0.2, 0) is 6.42 Å². The Morgan fingerprint density at radius 3 is 2.33 bits per heavy atom. The van der Waals surface area contributed by atoms with Gasteiger partial charge in [0.15, 0.2) is 0 Å². The molecule has 0 amide bonds. The number of benzene rings is 2. The summed E-state index contributed by atoms with van der Waals surface area (Å²) in [5.41, 5.74) is 6.69. The van der Waals surface area contributed by atoms with Crippen molar-refractivity contribution >= 4 is 5.69 Å². The second-order valence-electron chi connectivity index (χ2n) is 8.45. The first-order valence-electron chi connectivity index (χ1n) is 10.5. The second kappa shape index (κ2) is 8.45. The maximum atomic E-state index is 3.65. The van der Waals surface area contributed by atoms with Crippen LogP contribution in [0.1, 0.15) is 24.0 Å². The molecule has 1 heterocycles. The molecule has 1 saturated heterocycles. The molecule has 0 atom stereocenters. The van der Waals surface area contributed by atoms with Crippen molar-refractivity contribution in [3.05, 3.63) is 53.6 Å². The summed E-state index contributed by atoms with van der Waals surface area (Å²) in [6.07, 6.45) is 3.93. The van der Waals surface area contributed by atoms with Gasteiger partial charge in [0.05, 0.1) is 0 Å². The lowest BCUT2D eigenvalue weighted by atomic mass is 10.0. The van der Waals surface area contributed by atoms with Gasteiger partial charge >= 0.3 is 0 Å². The average molecular weight is 364 g/mol. The molecule has 2 aromatic rings. The summed E-state index contributed by atoms with van der Waals surface area (Å²) in [6.45, 7) is 9.29. The van der Waals surface area contributed by atoms with Gasteiger partial charge in [-0.15, -0.1) is 0 Å². The molecule has 0 bridgehead atoms. The van der Waals surface area contributed by atoms with E-state index >= 15 is 0 Å². The zero-order chi connectivity index (χ0) is 18.6. The molecule has 1 N–H and O–H groups in total. The Balaban J connectivity index is 1.36. The topological polar surface area (TPSA) is 18.5 Å². The standard InChI is InChI=1S/C24H33N3/c1-19-3-8-23(17-24(19)25-18-21-4-5-21)22-9-6-20(7-10-22)11-12-27-15-13-26(2)14-16-27/h3,6-10,17,21,25H,4-5,11-16,18H2,1-2H3. The summed E-state index contributed by atoms with van der Waals surface area (Å²) < 4.78 is 0. The number of likely N-dealkylation sites (N-methyl/N-ethyl adjacent to an activating group) is 1.